The third kappa shape index (κ3) is 4.34. The number of rotatable bonds is 5. The number of carbonyl (C=O) groups excluding carboxylic acids is 1. The summed E-state index contributed by atoms with van der Waals surface area (Å²) in [4.78, 5) is 14.3. The van der Waals surface area contributed by atoms with E-state index >= 15 is 0 Å². The smallest absolute Gasteiger partial charge is 0.238 e. The SMILES string of the molecule is Cc1cc(CNCC(=O)Nc2ccc(Cl)cc2)sc1C. The van der Waals surface area contributed by atoms with Gasteiger partial charge in [0.15, 0.2) is 0 Å². The Hall–Kier alpha value is -1.36. The molecule has 1 heterocycles. The van der Waals surface area contributed by atoms with Crippen LogP contribution in [0, 0.1) is 13.8 Å². The Morgan fingerprint density at radius 1 is 1.25 bits per heavy atom. The molecule has 0 atom stereocenters. The zero-order chi connectivity index (χ0) is 14.5. The normalized spacial score (nSPS) is 10.6. The average molecular weight is 309 g/mol. The summed E-state index contributed by atoms with van der Waals surface area (Å²) in [6.07, 6.45) is 0. The molecule has 3 nitrogen and oxygen atoms in total. The van der Waals surface area contributed by atoms with Crippen LogP contribution in [0.15, 0.2) is 30.3 Å². The predicted octanol–water partition coefficient (Wildman–Crippen LogP) is 3.75. The van der Waals surface area contributed by atoms with Crippen molar-refractivity contribution in [2.24, 2.45) is 0 Å². The fourth-order valence-electron chi connectivity index (χ4n) is 1.77. The number of aryl methyl sites for hydroxylation is 2. The van der Waals surface area contributed by atoms with Crippen LogP contribution in [0.5, 0.6) is 0 Å². The van der Waals surface area contributed by atoms with Crippen molar-refractivity contribution in [3.05, 3.63) is 50.7 Å². The zero-order valence-corrected chi connectivity index (χ0v) is 13.1. The van der Waals surface area contributed by atoms with Crippen molar-refractivity contribution in [1.82, 2.24) is 5.32 Å². The first-order valence-electron chi connectivity index (χ1n) is 6.36. The van der Waals surface area contributed by atoms with Crippen LogP contribution in [-0.4, -0.2) is 12.5 Å². The first kappa shape index (κ1) is 15.0. The second-order valence-electron chi connectivity index (χ2n) is 4.61. The van der Waals surface area contributed by atoms with Crippen molar-refractivity contribution in [3.63, 3.8) is 0 Å². The van der Waals surface area contributed by atoms with Gasteiger partial charge in [-0.1, -0.05) is 11.6 Å². The van der Waals surface area contributed by atoms with Gasteiger partial charge in [-0.15, -0.1) is 11.3 Å². The quantitative estimate of drug-likeness (QED) is 0.883. The van der Waals surface area contributed by atoms with Crippen molar-refractivity contribution in [2.75, 3.05) is 11.9 Å². The zero-order valence-electron chi connectivity index (χ0n) is 11.5. The fraction of sp³-hybridized carbons (Fsp3) is 0.267. The summed E-state index contributed by atoms with van der Waals surface area (Å²) in [5.41, 5.74) is 2.06. The number of amides is 1. The van der Waals surface area contributed by atoms with Gasteiger partial charge in [-0.05, 0) is 49.7 Å². The molecule has 0 bridgehead atoms. The molecule has 0 spiro atoms. The summed E-state index contributed by atoms with van der Waals surface area (Å²) in [5, 5.41) is 6.62. The number of hydrogen-bond donors (Lipinski definition) is 2. The van der Waals surface area contributed by atoms with E-state index in [1.807, 2.05) is 0 Å². The number of hydrogen-bond acceptors (Lipinski definition) is 3. The van der Waals surface area contributed by atoms with Crippen LogP contribution in [0.4, 0.5) is 5.69 Å². The number of benzene rings is 1. The second-order valence-corrected chi connectivity index (χ2v) is 6.39. The maximum absolute atomic E-state index is 11.8. The van der Waals surface area contributed by atoms with Crippen LogP contribution in [0.1, 0.15) is 15.3 Å². The van der Waals surface area contributed by atoms with Gasteiger partial charge in [0.1, 0.15) is 0 Å². The number of thiophene rings is 1. The van der Waals surface area contributed by atoms with Crippen LogP contribution in [0.25, 0.3) is 0 Å². The first-order chi connectivity index (χ1) is 9.54. The van der Waals surface area contributed by atoms with Crippen LogP contribution in [0.3, 0.4) is 0 Å². The van der Waals surface area contributed by atoms with Crippen molar-refractivity contribution in [3.8, 4) is 0 Å². The Kier molecular flexibility index (Phi) is 5.17. The number of carbonyl (C=O) groups is 1. The molecule has 0 aliphatic rings. The van der Waals surface area contributed by atoms with Crippen molar-refractivity contribution >= 4 is 34.5 Å². The van der Waals surface area contributed by atoms with Crippen molar-refractivity contribution < 1.29 is 4.79 Å². The molecular formula is C15H17ClN2OS. The third-order valence-electron chi connectivity index (χ3n) is 2.93. The Morgan fingerprint density at radius 3 is 2.55 bits per heavy atom. The maximum atomic E-state index is 11.8. The Balaban J connectivity index is 1.76. The van der Waals surface area contributed by atoms with E-state index in [-0.39, 0.29) is 5.91 Å². The van der Waals surface area contributed by atoms with Crippen LogP contribution >= 0.6 is 22.9 Å². The van der Waals surface area contributed by atoms with Gasteiger partial charge in [0.2, 0.25) is 5.91 Å². The lowest BCUT2D eigenvalue weighted by Gasteiger charge is -2.06. The molecule has 2 rings (SSSR count). The summed E-state index contributed by atoms with van der Waals surface area (Å²) >= 11 is 7.55. The monoisotopic (exact) mass is 308 g/mol. The van der Waals surface area contributed by atoms with E-state index in [0.29, 0.717) is 18.1 Å². The largest absolute Gasteiger partial charge is 0.325 e. The average Bonchev–Trinajstić information content (AvgIpc) is 2.71. The molecule has 0 saturated heterocycles. The minimum absolute atomic E-state index is 0.0580. The summed E-state index contributed by atoms with van der Waals surface area (Å²) < 4.78 is 0. The molecule has 1 amide bonds. The standard InChI is InChI=1S/C15H17ClN2OS/c1-10-7-14(20-11(10)2)8-17-9-15(19)18-13-5-3-12(16)4-6-13/h3-7,17H,8-9H2,1-2H3,(H,18,19). The predicted molar refractivity (Wildman–Crippen MR) is 85.6 cm³/mol. The Bertz CT molecular complexity index is 573. The van der Waals surface area contributed by atoms with E-state index in [9.17, 15) is 4.79 Å². The molecule has 5 heteroatoms. The van der Waals surface area contributed by atoms with Crippen molar-refractivity contribution in [1.29, 1.82) is 0 Å². The highest BCUT2D eigenvalue weighted by Crippen LogP contribution is 2.20. The van der Waals surface area contributed by atoms with E-state index in [2.05, 4.69) is 30.5 Å². The molecule has 2 N–H and O–H groups in total. The lowest BCUT2D eigenvalue weighted by atomic mass is 10.3. The first-order valence-corrected chi connectivity index (χ1v) is 7.56. The Morgan fingerprint density at radius 2 is 1.95 bits per heavy atom. The van der Waals surface area contributed by atoms with Gasteiger partial charge in [0.05, 0.1) is 6.54 Å². The van der Waals surface area contributed by atoms with Gasteiger partial charge in [-0.2, -0.15) is 0 Å². The molecule has 0 unspecified atom stereocenters. The number of halogens is 1. The summed E-state index contributed by atoms with van der Waals surface area (Å²) in [6.45, 7) is 5.21. The summed E-state index contributed by atoms with van der Waals surface area (Å²) in [7, 11) is 0. The lowest BCUT2D eigenvalue weighted by molar-refractivity contribution is -0.115. The van der Waals surface area contributed by atoms with E-state index in [0.717, 1.165) is 5.69 Å². The summed E-state index contributed by atoms with van der Waals surface area (Å²) in [5.74, 6) is -0.0580. The molecule has 0 fully saturated rings. The van der Waals surface area contributed by atoms with E-state index in [1.165, 1.54) is 15.3 Å². The second kappa shape index (κ2) is 6.88. The molecule has 0 aliphatic carbocycles. The van der Waals surface area contributed by atoms with Gasteiger partial charge < -0.3 is 10.6 Å². The molecule has 1 aromatic heterocycles. The van der Waals surface area contributed by atoms with E-state index in [4.69, 9.17) is 11.6 Å². The minimum atomic E-state index is -0.0580. The van der Waals surface area contributed by atoms with Crippen LogP contribution in [-0.2, 0) is 11.3 Å². The van der Waals surface area contributed by atoms with Gasteiger partial charge in [-0.25, -0.2) is 0 Å². The molecule has 2 aromatic rings. The van der Waals surface area contributed by atoms with Gasteiger partial charge in [-0.3, -0.25) is 4.79 Å². The summed E-state index contributed by atoms with van der Waals surface area (Å²) in [6, 6.07) is 9.23. The molecule has 0 saturated carbocycles. The fourth-order valence-corrected chi connectivity index (χ4v) is 2.92. The van der Waals surface area contributed by atoms with Crippen LogP contribution in [0.2, 0.25) is 5.02 Å². The van der Waals surface area contributed by atoms with E-state index < -0.39 is 0 Å². The molecule has 106 valence electrons. The third-order valence-corrected chi connectivity index (χ3v) is 4.33. The Labute approximate surface area is 128 Å². The maximum Gasteiger partial charge on any atom is 0.238 e. The lowest BCUT2D eigenvalue weighted by Crippen LogP contribution is -2.27. The molecule has 20 heavy (non-hydrogen) atoms. The number of anilines is 1. The van der Waals surface area contributed by atoms with Gasteiger partial charge in [0.25, 0.3) is 0 Å². The van der Waals surface area contributed by atoms with Gasteiger partial charge >= 0.3 is 0 Å². The topological polar surface area (TPSA) is 41.1 Å². The highest BCUT2D eigenvalue weighted by atomic mass is 35.5. The molecule has 1 aromatic carbocycles. The molecule has 0 radical (unpaired) electrons. The molecular weight excluding hydrogens is 292 g/mol. The highest BCUT2D eigenvalue weighted by Gasteiger charge is 2.04. The number of nitrogens with one attached hydrogen (secondary N) is 2. The highest BCUT2D eigenvalue weighted by molar-refractivity contribution is 7.12. The van der Waals surface area contributed by atoms with Gasteiger partial charge in [0, 0.05) is 27.0 Å². The van der Waals surface area contributed by atoms with Crippen molar-refractivity contribution in [2.45, 2.75) is 20.4 Å². The molecule has 0 aliphatic heterocycles. The minimum Gasteiger partial charge on any atom is -0.325 e. The van der Waals surface area contributed by atoms with Crippen LogP contribution < -0.4 is 10.6 Å². The van der Waals surface area contributed by atoms with E-state index in [1.54, 1.807) is 35.6 Å².